The van der Waals surface area contributed by atoms with Crippen LogP contribution in [0, 0.1) is 0 Å². The minimum absolute atomic E-state index is 0.0545. The maximum atomic E-state index is 14.1. The van der Waals surface area contributed by atoms with Crippen molar-refractivity contribution in [2.75, 3.05) is 41.8 Å². The van der Waals surface area contributed by atoms with Crippen LogP contribution in [0.5, 0.6) is 0 Å². The molecule has 2 aliphatic rings. The Kier molecular flexibility index (Phi) is 7.90. The number of para-hydroxylation sites is 3. The highest BCUT2D eigenvalue weighted by Crippen LogP contribution is 2.30. The Morgan fingerprint density at radius 3 is 2.32 bits per heavy atom. The van der Waals surface area contributed by atoms with E-state index in [0.29, 0.717) is 54.9 Å². The maximum Gasteiger partial charge on any atom is 0.319 e. The summed E-state index contributed by atoms with van der Waals surface area (Å²) in [5.41, 5.74) is 1.78. The number of halogens is 2. The molecular formula is C29H32F2N8O2. The van der Waals surface area contributed by atoms with E-state index in [9.17, 15) is 13.6 Å². The number of amides is 2. The average molecular weight is 563 g/mol. The van der Waals surface area contributed by atoms with Crippen molar-refractivity contribution in [2.24, 2.45) is 0 Å². The number of nitrogens with one attached hydrogen (secondary N) is 3. The van der Waals surface area contributed by atoms with Gasteiger partial charge in [0.1, 0.15) is 11.6 Å². The number of nitrogens with zero attached hydrogens (tertiary/aromatic N) is 5. The summed E-state index contributed by atoms with van der Waals surface area (Å²) in [5.74, 6) is 0.997. The zero-order valence-corrected chi connectivity index (χ0v) is 22.5. The van der Waals surface area contributed by atoms with E-state index in [1.807, 2.05) is 30.3 Å². The summed E-state index contributed by atoms with van der Waals surface area (Å²) in [6.45, 7) is 2.41. The number of aromatic nitrogens is 4. The first kappa shape index (κ1) is 26.9. The van der Waals surface area contributed by atoms with Crippen molar-refractivity contribution in [2.45, 2.75) is 44.2 Å². The average Bonchev–Trinajstić information content (AvgIpc) is 3.39. The van der Waals surface area contributed by atoms with Crippen LogP contribution < -0.4 is 20.9 Å². The molecule has 214 valence electrons. The second kappa shape index (κ2) is 12.0. The summed E-state index contributed by atoms with van der Waals surface area (Å²) in [6.07, 6.45) is 0.400. The Balaban J connectivity index is 1.20. The fourth-order valence-corrected chi connectivity index (χ4v) is 5.43. The van der Waals surface area contributed by atoms with Gasteiger partial charge in [0, 0.05) is 36.9 Å². The number of hydrogen-bond acceptors (Lipinski definition) is 7. The number of fused-ring (bicyclic) bond motifs is 1. The lowest BCUT2D eigenvalue weighted by Gasteiger charge is -2.31. The largest absolute Gasteiger partial charge is 0.378 e. The molecule has 12 heteroatoms. The van der Waals surface area contributed by atoms with Gasteiger partial charge in [0.05, 0.1) is 24.2 Å². The smallest absolute Gasteiger partial charge is 0.319 e. The monoisotopic (exact) mass is 562 g/mol. The summed E-state index contributed by atoms with van der Waals surface area (Å²) in [5, 5.41) is 9.36. The predicted molar refractivity (Wildman–Crippen MR) is 153 cm³/mol. The van der Waals surface area contributed by atoms with Crippen molar-refractivity contribution in [3.8, 4) is 5.82 Å². The number of urea groups is 1. The number of rotatable bonds is 7. The van der Waals surface area contributed by atoms with E-state index in [0.717, 1.165) is 31.4 Å². The molecule has 1 saturated heterocycles. The summed E-state index contributed by atoms with van der Waals surface area (Å²) in [7, 11) is 0. The number of imidazole rings is 1. The molecule has 10 nitrogen and oxygen atoms in total. The fourth-order valence-electron chi connectivity index (χ4n) is 5.43. The Hall–Kier alpha value is -4.32. The Morgan fingerprint density at radius 1 is 0.878 bits per heavy atom. The van der Waals surface area contributed by atoms with Crippen molar-refractivity contribution in [1.82, 2.24) is 24.8 Å². The topological polar surface area (TPSA) is 109 Å². The van der Waals surface area contributed by atoms with Crippen LogP contribution in [0.15, 0.2) is 60.7 Å². The molecule has 3 heterocycles. The van der Waals surface area contributed by atoms with Gasteiger partial charge in [0.2, 0.25) is 5.95 Å². The number of anilines is 3. The van der Waals surface area contributed by atoms with E-state index in [1.165, 1.54) is 4.57 Å². The quantitative estimate of drug-likeness (QED) is 0.286. The second-order valence-corrected chi connectivity index (χ2v) is 10.3. The highest BCUT2D eigenvalue weighted by atomic mass is 19.3. The van der Waals surface area contributed by atoms with Gasteiger partial charge in [-0.05, 0) is 49.9 Å². The minimum atomic E-state index is -2.78. The third kappa shape index (κ3) is 6.22. The van der Waals surface area contributed by atoms with E-state index >= 15 is 0 Å². The SMILES string of the molecule is O=C(Nc1ccccc1)NC1CCC(Nc2nc(N3CCOCC3)cc(-n3c(C(F)F)nc4ccccc43)n2)CC1. The van der Waals surface area contributed by atoms with Crippen molar-refractivity contribution >= 4 is 34.5 Å². The second-order valence-electron chi connectivity index (χ2n) is 10.3. The summed E-state index contributed by atoms with van der Waals surface area (Å²) in [6, 6.07) is 18.0. The van der Waals surface area contributed by atoms with Crippen LogP contribution >= 0.6 is 0 Å². The molecule has 2 amide bonds. The molecule has 2 fully saturated rings. The van der Waals surface area contributed by atoms with E-state index in [1.54, 1.807) is 30.3 Å². The first-order valence-corrected chi connectivity index (χ1v) is 13.9. The first-order valence-electron chi connectivity index (χ1n) is 13.9. The van der Waals surface area contributed by atoms with Gasteiger partial charge >= 0.3 is 6.03 Å². The van der Waals surface area contributed by atoms with Gasteiger partial charge in [-0.15, -0.1) is 0 Å². The normalized spacial score (nSPS) is 19.3. The molecule has 0 atom stereocenters. The lowest BCUT2D eigenvalue weighted by atomic mass is 9.91. The van der Waals surface area contributed by atoms with Crippen LogP contribution in [0.1, 0.15) is 37.9 Å². The lowest BCUT2D eigenvalue weighted by molar-refractivity contribution is 0.122. The Labute approximate surface area is 236 Å². The summed E-state index contributed by atoms with van der Waals surface area (Å²) in [4.78, 5) is 28.2. The van der Waals surface area contributed by atoms with E-state index < -0.39 is 6.43 Å². The van der Waals surface area contributed by atoms with Gasteiger partial charge in [-0.2, -0.15) is 9.97 Å². The summed E-state index contributed by atoms with van der Waals surface area (Å²) >= 11 is 0. The number of carbonyl (C=O) groups is 1. The standard InChI is InChI=1S/C29H32F2N8O2/c30-26(31)27-35-22-8-4-5-9-23(22)39(27)25-18-24(38-14-16-41-17-15-38)36-28(37-25)32-20-10-12-21(13-11-20)34-29(40)33-19-6-2-1-3-7-19/h1-9,18,20-21,26H,10-17H2,(H,32,36,37)(H2,33,34,40). The van der Waals surface area contributed by atoms with Crippen LogP contribution in [0.3, 0.4) is 0 Å². The van der Waals surface area contributed by atoms with E-state index in [2.05, 4.69) is 25.8 Å². The minimum Gasteiger partial charge on any atom is -0.378 e. The van der Waals surface area contributed by atoms with Crippen LogP contribution in [0.4, 0.5) is 31.0 Å². The molecule has 1 saturated carbocycles. The highest BCUT2D eigenvalue weighted by molar-refractivity contribution is 5.89. The maximum absolute atomic E-state index is 14.1. The molecule has 0 spiro atoms. The molecule has 6 rings (SSSR count). The third-order valence-electron chi connectivity index (χ3n) is 7.47. The van der Waals surface area contributed by atoms with Gasteiger partial charge in [0.25, 0.3) is 6.43 Å². The zero-order chi connectivity index (χ0) is 28.2. The number of benzene rings is 2. The van der Waals surface area contributed by atoms with Crippen molar-refractivity contribution in [1.29, 1.82) is 0 Å². The van der Waals surface area contributed by atoms with Gasteiger partial charge in [-0.3, -0.25) is 4.57 Å². The van der Waals surface area contributed by atoms with Crippen LogP contribution in [0.25, 0.3) is 16.9 Å². The molecule has 1 aliphatic carbocycles. The molecule has 0 unspecified atom stereocenters. The molecular weight excluding hydrogens is 530 g/mol. The van der Waals surface area contributed by atoms with Crippen molar-refractivity contribution in [3.63, 3.8) is 0 Å². The highest BCUT2D eigenvalue weighted by Gasteiger charge is 2.26. The predicted octanol–water partition coefficient (Wildman–Crippen LogP) is 5.13. The molecule has 1 aliphatic heterocycles. The van der Waals surface area contributed by atoms with Gasteiger partial charge in [-0.25, -0.2) is 18.6 Å². The number of morpholine rings is 1. The van der Waals surface area contributed by atoms with E-state index in [-0.39, 0.29) is 23.9 Å². The molecule has 4 aromatic rings. The first-order chi connectivity index (χ1) is 20.0. The van der Waals surface area contributed by atoms with Crippen LogP contribution in [-0.2, 0) is 4.74 Å². The van der Waals surface area contributed by atoms with Crippen molar-refractivity contribution < 1.29 is 18.3 Å². The Morgan fingerprint density at radius 2 is 1.56 bits per heavy atom. The molecule has 2 aromatic heterocycles. The van der Waals surface area contributed by atoms with E-state index in [4.69, 9.17) is 14.7 Å². The number of hydrogen-bond donors (Lipinski definition) is 3. The molecule has 3 N–H and O–H groups in total. The van der Waals surface area contributed by atoms with Gasteiger partial charge < -0.3 is 25.6 Å². The number of ether oxygens (including phenoxy) is 1. The number of carbonyl (C=O) groups excluding carboxylic acids is 1. The molecule has 41 heavy (non-hydrogen) atoms. The summed E-state index contributed by atoms with van der Waals surface area (Å²) < 4.78 is 35.2. The van der Waals surface area contributed by atoms with Crippen LogP contribution in [0.2, 0.25) is 0 Å². The third-order valence-corrected chi connectivity index (χ3v) is 7.47. The Bertz CT molecular complexity index is 1480. The van der Waals surface area contributed by atoms with Crippen LogP contribution in [-0.4, -0.2) is 63.9 Å². The van der Waals surface area contributed by atoms with Crippen molar-refractivity contribution in [3.05, 3.63) is 66.5 Å². The lowest BCUT2D eigenvalue weighted by Crippen LogP contribution is -2.42. The fraction of sp³-hybridized carbons (Fsp3) is 0.379. The van der Waals surface area contributed by atoms with Gasteiger partial charge in [-0.1, -0.05) is 30.3 Å². The molecule has 2 aromatic carbocycles. The van der Waals surface area contributed by atoms with Gasteiger partial charge in [0.15, 0.2) is 5.82 Å². The molecule has 0 radical (unpaired) electrons. The zero-order valence-electron chi connectivity index (χ0n) is 22.5. The molecule has 0 bridgehead atoms. The number of alkyl halides is 2.